The molecule has 2 rings (SSSR count). The number of hydrogen-bond donors (Lipinski definition) is 1. The molecule has 0 aliphatic carbocycles. The Hall–Kier alpha value is -1.47. The molecule has 2 aromatic rings. The van der Waals surface area contributed by atoms with E-state index < -0.39 is 0 Å². The average Bonchev–Trinajstić information content (AvgIpc) is 2.47. The van der Waals surface area contributed by atoms with Gasteiger partial charge in [0.1, 0.15) is 0 Å². The van der Waals surface area contributed by atoms with Gasteiger partial charge in [0.25, 0.3) is 0 Å². The minimum atomic E-state index is 0.315. The van der Waals surface area contributed by atoms with Crippen LogP contribution in [0.3, 0.4) is 0 Å². The number of benzene rings is 2. The van der Waals surface area contributed by atoms with E-state index in [9.17, 15) is 0 Å². The van der Waals surface area contributed by atoms with Gasteiger partial charge >= 0.3 is 0 Å². The average molecular weight is 288 g/mol. The first-order chi connectivity index (χ1) is 9.72. The molecule has 0 aromatic heterocycles. The van der Waals surface area contributed by atoms with Gasteiger partial charge in [-0.25, -0.2) is 0 Å². The summed E-state index contributed by atoms with van der Waals surface area (Å²) < 4.78 is 0. The number of anilines is 1. The smallest absolute Gasteiger partial charge is 0.0640 e. The first-order valence-electron chi connectivity index (χ1n) is 7.29. The lowest BCUT2D eigenvalue weighted by molar-refractivity contribution is 0.634. The number of halogens is 1. The maximum atomic E-state index is 6.33. The van der Waals surface area contributed by atoms with Crippen LogP contribution in [0.4, 0.5) is 5.69 Å². The molecule has 1 nitrogen and oxygen atoms in total. The third kappa shape index (κ3) is 3.77. The summed E-state index contributed by atoms with van der Waals surface area (Å²) in [5.41, 5.74) is 3.56. The predicted octanol–water partition coefficient (Wildman–Crippen LogP) is 5.99. The molecule has 0 bridgehead atoms. The summed E-state index contributed by atoms with van der Waals surface area (Å²) in [5, 5.41) is 4.43. The maximum Gasteiger partial charge on any atom is 0.0640 e. The lowest BCUT2D eigenvalue weighted by Gasteiger charge is -2.22. The fourth-order valence-electron chi connectivity index (χ4n) is 2.40. The molecule has 0 spiro atoms. The number of rotatable bonds is 6. The van der Waals surface area contributed by atoms with Crippen molar-refractivity contribution in [2.45, 2.75) is 39.2 Å². The molecule has 0 amide bonds. The lowest BCUT2D eigenvalue weighted by atomic mass is 10.0. The Morgan fingerprint density at radius 3 is 2.45 bits per heavy atom. The van der Waals surface area contributed by atoms with Crippen LogP contribution in [0, 0.1) is 6.92 Å². The fraction of sp³-hybridized carbons (Fsp3) is 0.333. The summed E-state index contributed by atoms with van der Waals surface area (Å²) in [4.78, 5) is 0. The van der Waals surface area contributed by atoms with Gasteiger partial charge in [-0.3, -0.25) is 0 Å². The standard InChI is InChI=1S/C18H22ClN/c1-3-4-13-17(15-10-6-5-7-11-15)20-18-14(2)9-8-12-16(18)19/h5-12,17,20H,3-4,13H2,1-2H3. The molecular formula is C18H22ClN. The summed E-state index contributed by atoms with van der Waals surface area (Å²) in [6.45, 7) is 4.32. The second-order valence-corrected chi connectivity index (χ2v) is 5.59. The van der Waals surface area contributed by atoms with Crippen LogP contribution < -0.4 is 5.32 Å². The van der Waals surface area contributed by atoms with Gasteiger partial charge in [0.2, 0.25) is 0 Å². The van der Waals surface area contributed by atoms with Crippen LogP contribution in [0.25, 0.3) is 0 Å². The van der Waals surface area contributed by atoms with E-state index in [0.29, 0.717) is 6.04 Å². The highest BCUT2D eigenvalue weighted by molar-refractivity contribution is 6.33. The molecule has 2 heteroatoms. The van der Waals surface area contributed by atoms with Crippen molar-refractivity contribution in [3.05, 3.63) is 64.7 Å². The van der Waals surface area contributed by atoms with Crippen molar-refractivity contribution in [3.63, 3.8) is 0 Å². The zero-order chi connectivity index (χ0) is 14.4. The van der Waals surface area contributed by atoms with E-state index in [2.05, 4.69) is 55.6 Å². The highest BCUT2D eigenvalue weighted by atomic mass is 35.5. The third-order valence-corrected chi connectivity index (χ3v) is 3.90. The van der Waals surface area contributed by atoms with E-state index in [1.54, 1.807) is 0 Å². The first-order valence-corrected chi connectivity index (χ1v) is 7.66. The molecule has 0 radical (unpaired) electrons. The van der Waals surface area contributed by atoms with E-state index >= 15 is 0 Å². The maximum absolute atomic E-state index is 6.33. The number of aryl methyl sites for hydroxylation is 1. The Kier molecular flexibility index (Phi) is 5.49. The largest absolute Gasteiger partial charge is 0.377 e. The molecule has 0 fully saturated rings. The molecule has 20 heavy (non-hydrogen) atoms. The summed E-state index contributed by atoms with van der Waals surface area (Å²) >= 11 is 6.33. The van der Waals surface area contributed by atoms with E-state index in [4.69, 9.17) is 11.6 Å². The highest BCUT2D eigenvalue weighted by Crippen LogP contribution is 2.31. The van der Waals surface area contributed by atoms with Crippen LogP contribution in [0.15, 0.2) is 48.5 Å². The molecule has 106 valence electrons. The Morgan fingerprint density at radius 1 is 1.05 bits per heavy atom. The van der Waals surface area contributed by atoms with E-state index in [0.717, 1.165) is 17.1 Å². The Morgan fingerprint density at radius 2 is 1.80 bits per heavy atom. The molecule has 0 aliphatic rings. The van der Waals surface area contributed by atoms with Crippen LogP contribution >= 0.6 is 11.6 Å². The molecule has 0 saturated heterocycles. The normalized spacial score (nSPS) is 12.2. The summed E-state index contributed by atoms with van der Waals surface area (Å²) in [7, 11) is 0. The van der Waals surface area contributed by atoms with Gasteiger partial charge in [-0.1, -0.05) is 73.8 Å². The third-order valence-electron chi connectivity index (χ3n) is 3.59. The molecule has 2 aromatic carbocycles. The van der Waals surface area contributed by atoms with Crippen molar-refractivity contribution in [1.29, 1.82) is 0 Å². The van der Waals surface area contributed by atoms with Gasteiger partial charge < -0.3 is 5.32 Å². The van der Waals surface area contributed by atoms with Gasteiger partial charge in [0.05, 0.1) is 16.8 Å². The van der Waals surface area contributed by atoms with Gasteiger partial charge in [0, 0.05) is 0 Å². The Bertz CT molecular complexity index is 516. The van der Waals surface area contributed by atoms with Crippen LogP contribution in [0.1, 0.15) is 43.4 Å². The summed E-state index contributed by atoms with van der Waals surface area (Å²) in [6.07, 6.45) is 3.52. The van der Waals surface area contributed by atoms with Gasteiger partial charge in [-0.2, -0.15) is 0 Å². The van der Waals surface area contributed by atoms with Crippen molar-refractivity contribution >= 4 is 17.3 Å². The van der Waals surface area contributed by atoms with Crippen molar-refractivity contribution in [1.82, 2.24) is 0 Å². The van der Waals surface area contributed by atoms with Gasteiger partial charge in [-0.05, 0) is 30.5 Å². The minimum absolute atomic E-state index is 0.315. The number of nitrogens with one attached hydrogen (secondary N) is 1. The summed E-state index contributed by atoms with van der Waals surface area (Å²) in [5.74, 6) is 0. The van der Waals surface area contributed by atoms with Gasteiger partial charge in [0.15, 0.2) is 0 Å². The Balaban J connectivity index is 2.24. The number of para-hydroxylation sites is 1. The number of unbranched alkanes of at least 4 members (excludes halogenated alkanes) is 1. The lowest BCUT2D eigenvalue weighted by Crippen LogP contribution is -2.12. The topological polar surface area (TPSA) is 12.0 Å². The van der Waals surface area contributed by atoms with Gasteiger partial charge in [-0.15, -0.1) is 0 Å². The Labute approximate surface area is 127 Å². The minimum Gasteiger partial charge on any atom is -0.377 e. The van der Waals surface area contributed by atoms with Crippen LogP contribution in [0.5, 0.6) is 0 Å². The fourth-order valence-corrected chi connectivity index (χ4v) is 2.68. The number of hydrogen-bond acceptors (Lipinski definition) is 1. The van der Waals surface area contributed by atoms with Crippen molar-refractivity contribution in [2.24, 2.45) is 0 Å². The molecule has 0 heterocycles. The van der Waals surface area contributed by atoms with Crippen molar-refractivity contribution < 1.29 is 0 Å². The molecule has 0 saturated carbocycles. The van der Waals surface area contributed by atoms with E-state index in [-0.39, 0.29) is 0 Å². The zero-order valence-corrected chi connectivity index (χ0v) is 13.0. The molecule has 1 N–H and O–H groups in total. The molecule has 0 aliphatic heterocycles. The molecule has 1 unspecified atom stereocenters. The summed E-state index contributed by atoms with van der Waals surface area (Å²) in [6, 6.07) is 16.9. The van der Waals surface area contributed by atoms with Crippen LogP contribution in [0.2, 0.25) is 5.02 Å². The van der Waals surface area contributed by atoms with Crippen molar-refractivity contribution in [2.75, 3.05) is 5.32 Å². The van der Waals surface area contributed by atoms with Crippen LogP contribution in [-0.2, 0) is 0 Å². The van der Waals surface area contributed by atoms with E-state index in [1.807, 2.05) is 12.1 Å². The highest BCUT2D eigenvalue weighted by Gasteiger charge is 2.13. The van der Waals surface area contributed by atoms with E-state index in [1.165, 1.54) is 24.0 Å². The second-order valence-electron chi connectivity index (χ2n) is 5.18. The second kappa shape index (κ2) is 7.35. The molecule has 1 atom stereocenters. The predicted molar refractivity (Wildman–Crippen MR) is 88.5 cm³/mol. The van der Waals surface area contributed by atoms with Crippen LogP contribution in [-0.4, -0.2) is 0 Å². The monoisotopic (exact) mass is 287 g/mol. The molecular weight excluding hydrogens is 266 g/mol. The van der Waals surface area contributed by atoms with Crippen molar-refractivity contribution in [3.8, 4) is 0 Å². The zero-order valence-electron chi connectivity index (χ0n) is 12.2. The SMILES string of the molecule is CCCCC(Nc1c(C)cccc1Cl)c1ccccc1. The quantitative estimate of drug-likeness (QED) is 0.688. The first kappa shape index (κ1) is 14.9.